The van der Waals surface area contributed by atoms with Crippen molar-refractivity contribution in [1.29, 1.82) is 0 Å². The van der Waals surface area contributed by atoms with Crippen molar-refractivity contribution >= 4 is 5.95 Å². The summed E-state index contributed by atoms with van der Waals surface area (Å²) in [6.45, 7) is 6.19. The average Bonchev–Trinajstić information content (AvgIpc) is 3.18. The van der Waals surface area contributed by atoms with Crippen molar-refractivity contribution in [1.82, 2.24) is 15.3 Å². The first-order chi connectivity index (χ1) is 8.70. The van der Waals surface area contributed by atoms with Gasteiger partial charge in [-0.05, 0) is 26.2 Å². The highest BCUT2D eigenvalue weighted by Crippen LogP contribution is 2.19. The van der Waals surface area contributed by atoms with Crippen LogP contribution in [0.25, 0.3) is 0 Å². The van der Waals surface area contributed by atoms with Gasteiger partial charge in [0.15, 0.2) is 0 Å². The second-order valence-electron chi connectivity index (χ2n) is 5.21. The van der Waals surface area contributed by atoms with Crippen LogP contribution in [0.5, 0.6) is 0 Å². The van der Waals surface area contributed by atoms with Gasteiger partial charge < -0.3 is 10.2 Å². The number of hydrogen-bond acceptors (Lipinski definition) is 4. The number of nitrogens with zero attached hydrogens (tertiary/aromatic N) is 3. The lowest BCUT2D eigenvalue weighted by Crippen LogP contribution is -2.22. The van der Waals surface area contributed by atoms with Gasteiger partial charge in [0.2, 0.25) is 5.95 Å². The van der Waals surface area contributed by atoms with Crippen molar-refractivity contribution in [2.75, 3.05) is 18.5 Å². The van der Waals surface area contributed by atoms with Gasteiger partial charge in [-0.1, -0.05) is 13.3 Å². The summed E-state index contributed by atoms with van der Waals surface area (Å²) < 4.78 is 0. The van der Waals surface area contributed by atoms with Gasteiger partial charge in [0.25, 0.3) is 0 Å². The fourth-order valence-electron chi connectivity index (χ4n) is 1.87. The smallest absolute Gasteiger partial charge is 0.225 e. The first-order valence-electron chi connectivity index (χ1n) is 6.97. The molecule has 1 aromatic rings. The van der Waals surface area contributed by atoms with E-state index >= 15 is 0 Å². The van der Waals surface area contributed by atoms with Gasteiger partial charge in [0, 0.05) is 43.6 Å². The van der Waals surface area contributed by atoms with Crippen LogP contribution in [0.1, 0.15) is 43.9 Å². The highest BCUT2D eigenvalue weighted by molar-refractivity contribution is 5.31. The van der Waals surface area contributed by atoms with Gasteiger partial charge in [-0.2, -0.15) is 0 Å². The van der Waals surface area contributed by atoms with E-state index in [0.29, 0.717) is 0 Å². The van der Waals surface area contributed by atoms with Gasteiger partial charge in [0.1, 0.15) is 0 Å². The van der Waals surface area contributed by atoms with E-state index in [9.17, 15) is 0 Å². The van der Waals surface area contributed by atoms with Gasteiger partial charge in [-0.3, -0.25) is 0 Å². The van der Waals surface area contributed by atoms with E-state index in [2.05, 4.69) is 41.1 Å². The van der Waals surface area contributed by atoms with Gasteiger partial charge in [0.05, 0.1) is 0 Å². The molecular formula is C14H24N4. The number of unbranched alkanes of at least 4 members (excludes halogenated alkanes) is 1. The molecule has 0 atom stereocenters. The molecule has 4 heteroatoms. The van der Waals surface area contributed by atoms with Crippen LogP contribution >= 0.6 is 0 Å². The fourth-order valence-corrected chi connectivity index (χ4v) is 1.87. The molecule has 1 N–H and O–H groups in total. The van der Waals surface area contributed by atoms with E-state index in [1.54, 1.807) is 0 Å². The van der Waals surface area contributed by atoms with Crippen LogP contribution in [0.3, 0.4) is 0 Å². The zero-order valence-electron chi connectivity index (χ0n) is 11.7. The van der Waals surface area contributed by atoms with Crippen LogP contribution in [0, 0.1) is 6.92 Å². The lowest BCUT2D eigenvalue weighted by Gasteiger charge is -2.17. The minimum absolute atomic E-state index is 0.733. The molecule has 1 fully saturated rings. The summed E-state index contributed by atoms with van der Waals surface area (Å²) in [5, 5.41) is 3.50. The lowest BCUT2D eigenvalue weighted by atomic mass is 10.2. The van der Waals surface area contributed by atoms with Crippen LogP contribution in [0.15, 0.2) is 6.20 Å². The number of aromatic nitrogens is 2. The minimum Gasteiger partial charge on any atom is -0.344 e. The summed E-state index contributed by atoms with van der Waals surface area (Å²) >= 11 is 0. The molecule has 1 aliphatic rings. The summed E-state index contributed by atoms with van der Waals surface area (Å²) in [7, 11) is 2.06. The molecule has 100 valence electrons. The highest BCUT2D eigenvalue weighted by atomic mass is 15.2. The molecule has 1 aromatic heterocycles. The summed E-state index contributed by atoms with van der Waals surface area (Å²) in [6.07, 6.45) is 6.99. The molecule has 0 saturated heterocycles. The molecule has 0 aromatic carbocycles. The van der Waals surface area contributed by atoms with E-state index < -0.39 is 0 Å². The number of aryl methyl sites for hydroxylation is 1. The first-order valence-corrected chi connectivity index (χ1v) is 6.97. The van der Waals surface area contributed by atoms with Crippen molar-refractivity contribution in [3.63, 3.8) is 0 Å². The summed E-state index contributed by atoms with van der Waals surface area (Å²) in [5.74, 6) is 0.844. The number of nitrogens with one attached hydrogen (secondary N) is 1. The maximum atomic E-state index is 4.60. The SMILES string of the molecule is CCCCN(C)c1ncc(CNC2CC2)c(C)n1. The normalized spacial score (nSPS) is 14.8. The van der Waals surface area contributed by atoms with E-state index in [0.717, 1.165) is 30.8 Å². The summed E-state index contributed by atoms with van der Waals surface area (Å²) in [6, 6.07) is 0.733. The Labute approximate surface area is 110 Å². The van der Waals surface area contributed by atoms with E-state index in [-0.39, 0.29) is 0 Å². The Morgan fingerprint density at radius 2 is 2.22 bits per heavy atom. The van der Waals surface area contributed by atoms with Crippen molar-refractivity contribution in [2.24, 2.45) is 0 Å². The Kier molecular flexibility index (Phi) is 4.53. The van der Waals surface area contributed by atoms with Gasteiger partial charge in [-0.25, -0.2) is 9.97 Å². The lowest BCUT2D eigenvalue weighted by molar-refractivity contribution is 0.677. The molecule has 0 unspecified atom stereocenters. The number of anilines is 1. The van der Waals surface area contributed by atoms with E-state index in [4.69, 9.17) is 0 Å². The minimum atomic E-state index is 0.733. The fraction of sp³-hybridized carbons (Fsp3) is 0.714. The third kappa shape index (κ3) is 3.67. The molecule has 0 amide bonds. The van der Waals surface area contributed by atoms with Gasteiger partial charge in [-0.15, -0.1) is 0 Å². The molecule has 18 heavy (non-hydrogen) atoms. The molecule has 0 bridgehead atoms. The zero-order valence-corrected chi connectivity index (χ0v) is 11.7. The number of rotatable bonds is 7. The Bertz CT molecular complexity index is 387. The maximum Gasteiger partial charge on any atom is 0.225 e. The molecule has 1 heterocycles. The van der Waals surface area contributed by atoms with E-state index in [1.807, 2.05) is 6.20 Å². The molecule has 0 aliphatic heterocycles. The second kappa shape index (κ2) is 6.14. The van der Waals surface area contributed by atoms with Crippen molar-refractivity contribution < 1.29 is 0 Å². The molecule has 1 aliphatic carbocycles. The van der Waals surface area contributed by atoms with Crippen molar-refractivity contribution in [3.05, 3.63) is 17.5 Å². The Hall–Kier alpha value is -1.16. The molecular weight excluding hydrogens is 224 g/mol. The molecule has 0 spiro atoms. The van der Waals surface area contributed by atoms with Crippen molar-refractivity contribution in [3.8, 4) is 0 Å². The second-order valence-corrected chi connectivity index (χ2v) is 5.21. The summed E-state index contributed by atoms with van der Waals surface area (Å²) in [4.78, 5) is 11.2. The molecule has 0 radical (unpaired) electrons. The van der Waals surface area contributed by atoms with Crippen LogP contribution in [0.4, 0.5) is 5.95 Å². The molecule has 4 nitrogen and oxygen atoms in total. The Balaban J connectivity index is 1.94. The zero-order chi connectivity index (χ0) is 13.0. The number of hydrogen-bond donors (Lipinski definition) is 1. The maximum absolute atomic E-state index is 4.60. The highest BCUT2D eigenvalue weighted by Gasteiger charge is 2.20. The van der Waals surface area contributed by atoms with E-state index in [1.165, 1.54) is 31.2 Å². The predicted octanol–water partition coefficient (Wildman–Crippen LogP) is 2.27. The topological polar surface area (TPSA) is 41.1 Å². The predicted molar refractivity (Wildman–Crippen MR) is 74.8 cm³/mol. The van der Waals surface area contributed by atoms with Crippen LogP contribution < -0.4 is 10.2 Å². The Morgan fingerprint density at radius 1 is 1.44 bits per heavy atom. The third-order valence-electron chi connectivity index (χ3n) is 3.42. The Morgan fingerprint density at radius 3 is 2.83 bits per heavy atom. The summed E-state index contributed by atoms with van der Waals surface area (Å²) in [5.41, 5.74) is 2.31. The monoisotopic (exact) mass is 248 g/mol. The van der Waals surface area contributed by atoms with Crippen LogP contribution in [-0.4, -0.2) is 29.6 Å². The third-order valence-corrected chi connectivity index (χ3v) is 3.42. The first kappa shape index (κ1) is 13.3. The average molecular weight is 248 g/mol. The van der Waals surface area contributed by atoms with Crippen LogP contribution in [0.2, 0.25) is 0 Å². The standard InChI is InChI=1S/C14H24N4/c1-4-5-8-18(3)14-16-10-12(11(2)17-14)9-15-13-6-7-13/h10,13,15H,4-9H2,1-3H3. The largest absolute Gasteiger partial charge is 0.344 e. The van der Waals surface area contributed by atoms with Crippen LogP contribution in [-0.2, 0) is 6.54 Å². The molecule has 1 saturated carbocycles. The quantitative estimate of drug-likeness (QED) is 0.803. The van der Waals surface area contributed by atoms with Crippen molar-refractivity contribution in [2.45, 2.75) is 52.1 Å². The van der Waals surface area contributed by atoms with Gasteiger partial charge >= 0.3 is 0 Å². The molecule has 2 rings (SSSR count).